The van der Waals surface area contributed by atoms with Crippen molar-refractivity contribution < 1.29 is 23.5 Å². The maximum absolute atomic E-state index is 13.4. The molecule has 166 valence electrons. The highest BCUT2D eigenvalue weighted by atomic mass is 79.9. The molecule has 0 unspecified atom stereocenters. The number of rotatable bonds is 5. The first-order valence-electron chi connectivity index (χ1n) is 9.84. The molecule has 1 N–H and O–H groups in total. The Hall–Kier alpha value is -2.69. The van der Waals surface area contributed by atoms with Gasteiger partial charge in [-0.1, -0.05) is 18.2 Å². The van der Waals surface area contributed by atoms with Gasteiger partial charge in [-0.05, 0) is 63.6 Å². The molecular weight excluding hydrogens is 501 g/mol. The minimum absolute atomic E-state index is 0.176. The lowest BCUT2D eigenvalue weighted by atomic mass is 10.2. The number of thioether (sulfide) groups is 1. The third-order valence-corrected chi connectivity index (χ3v) is 6.46. The van der Waals surface area contributed by atoms with E-state index >= 15 is 0 Å². The van der Waals surface area contributed by atoms with Crippen LogP contribution in [0.4, 0.5) is 20.6 Å². The number of halogens is 2. The van der Waals surface area contributed by atoms with Gasteiger partial charge in [-0.2, -0.15) is 0 Å². The summed E-state index contributed by atoms with van der Waals surface area (Å²) in [6.07, 6.45) is 1.50. The minimum atomic E-state index is -0.558. The summed E-state index contributed by atoms with van der Waals surface area (Å²) in [6.45, 7) is 2.24. The van der Waals surface area contributed by atoms with Gasteiger partial charge >= 0.3 is 0 Å². The first-order valence-corrected chi connectivity index (χ1v) is 11.5. The molecule has 2 fully saturated rings. The normalized spacial score (nSPS) is 17.9. The van der Waals surface area contributed by atoms with Crippen LogP contribution in [0.1, 0.15) is 5.56 Å². The third-order valence-electron chi connectivity index (χ3n) is 4.95. The molecule has 2 aliphatic rings. The predicted molar refractivity (Wildman–Crippen MR) is 125 cm³/mol. The first kappa shape index (κ1) is 22.5. The largest absolute Gasteiger partial charge is 0.378 e. The zero-order valence-electron chi connectivity index (χ0n) is 16.8. The molecule has 0 aromatic heterocycles. The molecule has 3 amide bonds. The first-order chi connectivity index (χ1) is 15.4. The number of hydrogen-bond donors (Lipinski definition) is 1. The number of benzene rings is 2. The lowest BCUT2D eigenvalue weighted by Gasteiger charge is -2.30. The molecule has 2 aromatic carbocycles. The van der Waals surface area contributed by atoms with Crippen molar-refractivity contribution in [2.75, 3.05) is 43.1 Å². The quantitative estimate of drug-likeness (QED) is 0.599. The summed E-state index contributed by atoms with van der Waals surface area (Å²) < 4.78 is 19.1. The summed E-state index contributed by atoms with van der Waals surface area (Å²) in [5, 5.41) is 2.28. The fourth-order valence-corrected chi connectivity index (χ4v) is 4.62. The number of carbonyl (C=O) groups excluding carboxylic acids is 3. The molecule has 0 radical (unpaired) electrons. The van der Waals surface area contributed by atoms with Crippen LogP contribution in [-0.2, 0) is 14.3 Å². The molecule has 0 saturated carbocycles. The highest BCUT2D eigenvalue weighted by Crippen LogP contribution is 2.33. The van der Waals surface area contributed by atoms with Gasteiger partial charge in [-0.3, -0.25) is 19.3 Å². The summed E-state index contributed by atoms with van der Waals surface area (Å²) in [5.41, 5.74) is 2.03. The van der Waals surface area contributed by atoms with Crippen molar-refractivity contribution in [3.05, 3.63) is 63.2 Å². The molecule has 2 saturated heterocycles. The van der Waals surface area contributed by atoms with Crippen molar-refractivity contribution in [1.82, 2.24) is 4.90 Å². The molecule has 7 nitrogen and oxygen atoms in total. The molecule has 0 bridgehead atoms. The SMILES string of the molecule is O=C(CN1C(=O)S/C(=C/c2ccc(F)c(Br)c2)C1=O)Nc1ccccc1N1CCOCC1. The van der Waals surface area contributed by atoms with Gasteiger partial charge in [0.15, 0.2) is 0 Å². The molecule has 0 spiro atoms. The molecule has 10 heteroatoms. The molecule has 2 aliphatic heterocycles. The van der Waals surface area contributed by atoms with Crippen molar-refractivity contribution in [1.29, 1.82) is 0 Å². The van der Waals surface area contributed by atoms with Crippen molar-refractivity contribution in [2.24, 2.45) is 0 Å². The van der Waals surface area contributed by atoms with Gasteiger partial charge in [-0.15, -0.1) is 0 Å². The zero-order chi connectivity index (χ0) is 22.7. The lowest BCUT2D eigenvalue weighted by molar-refractivity contribution is -0.127. The third kappa shape index (κ3) is 5.03. The number of hydrogen-bond acceptors (Lipinski definition) is 6. The highest BCUT2D eigenvalue weighted by Gasteiger charge is 2.36. The van der Waals surface area contributed by atoms with Crippen LogP contribution >= 0.6 is 27.7 Å². The number of ether oxygens (including phenoxy) is 1. The van der Waals surface area contributed by atoms with Crippen LogP contribution in [0.2, 0.25) is 0 Å². The van der Waals surface area contributed by atoms with Crippen molar-refractivity contribution in [3.8, 4) is 0 Å². The van der Waals surface area contributed by atoms with Crippen LogP contribution in [0.5, 0.6) is 0 Å². The molecule has 2 aromatic rings. The van der Waals surface area contributed by atoms with E-state index in [0.717, 1.165) is 22.3 Å². The van der Waals surface area contributed by atoms with Crippen LogP contribution in [0.15, 0.2) is 51.8 Å². The van der Waals surface area contributed by atoms with Gasteiger partial charge in [-0.25, -0.2) is 4.39 Å². The van der Waals surface area contributed by atoms with Crippen LogP contribution in [0.25, 0.3) is 6.08 Å². The van der Waals surface area contributed by atoms with Crippen LogP contribution in [-0.4, -0.2) is 54.8 Å². The Labute approximate surface area is 196 Å². The number of nitrogens with one attached hydrogen (secondary N) is 1. The standard InChI is InChI=1S/C22H19BrFN3O4S/c23-15-11-14(5-6-16(15)24)12-19-21(29)27(22(30)32-19)13-20(28)25-17-3-1-2-4-18(17)26-7-9-31-10-8-26/h1-6,11-12H,7-10,13H2,(H,25,28)/b19-12+. The van der Waals surface area contributed by atoms with E-state index in [2.05, 4.69) is 26.1 Å². The number of nitrogens with zero attached hydrogens (tertiary/aromatic N) is 2. The number of carbonyl (C=O) groups is 3. The van der Waals surface area contributed by atoms with E-state index in [-0.39, 0.29) is 9.38 Å². The van der Waals surface area contributed by atoms with Crippen LogP contribution < -0.4 is 10.2 Å². The van der Waals surface area contributed by atoms with Crippen LogP contribution in [0.3, 0.4) is 0 Å². The molecule has 0 aliphatic carbocycles. The Balaban J connectivity index is 1.45. The topological polar surface area (TPSA) is 79.0 Å². The van der Waals surface area contributed by atoms with E-state index in [1.54, 1.807) is 6.07 Å². The summed E-state index contributed by atoms with van der Waals surface area (Å²) in [7, 11) is 0. The van der Waals surface area contributed by atoms with Crippen molar-refractivity contribution in [2.45, 2.75) is 0 Å². The van der Waals surface area contributed by atoms with Gasteiger partial charge < -0.3 is 15.0 Å². The monoisotopic (exact) mass is 519 g/mol. The Kier molecular flexibility index (Phi) is 6.92. The molecular formula is C22H19BrFN3O4S. The summed E-state index contributed by atoms with van der Waals surface area (Å²) in [5.74, 6) is -1.46. The number of imide groups is 1. The molecule has 4 rings (SSSR count). The Morgan fingerprint density at radius 2 is 1.94 bits per heavy atom. The van der Waals surface area contributed by atoms with E-state index in [1.165, 1.54) is 24.3 Å². The Morgan fingerprint density at radius 1 is 1.19 bits per heavy atom. The summed E-state index contributed by atoms with van der Waals surface area (Å²) in [6, 6.07) is 11.7. The number of morpholine rings is 1. The minimum Gasteiger partial charge on any atom is -0.378 e. The molecule has 0 atom stereocenters. The number of amides is 3. The Bertz CT molecular complexity index is 1100. The van der Waals surface area contributed by atoms with E-state index in [1.807, 2.05) is 18.2 Å². The van der Waals surface area contributed by atoms with E-state index in [9.17, 15) is 18.8 Å². The van der Waals surface area contributed by atoms with E-state index < -0.39 is 29.4 Å². The van der Waals surface area contributed by atoms with E-state index in [0.29, 0.717) is 37.6 Å². The van der Waals surface area contributed by atoms with Crippen molar-refractivity contribution in [3.63, 3.8) is 0 Å². The highest BCUT2D eigenvalue weighted by molar-refractivity contribution is 9.10. The van der Waals surface area contributed by atoms with Gasteiger partial charge in [0.1, 0.15) is 12.4 Å². The lowest BCUT2D eigenvalue weighted by Crippen LogP contribution is -2.38. The second-order valence-corrected chi connectivity index (χ2v) is 8.95. The second-order valence-electron chi connectivity index (χ2n) is 7.11. The zero-order valence-corrected chi connectivity index (χ0v) is 19.2. The Morgan fingerprint density at radius 3 is 2.69 bits per heavy atom. The smallest absolute Gasteiger partial charge is 0.294 e. The van der Waals surface area contributed by atoms with Gasteiger partial charge in [0, 0.05) is 13.1 Å². The van der Waals surface area contributed by atoms with Crippen LogP contribution in [0, 0.1) is 5.82 Å². The number of anilines is 2. The predicted octanol–water partition coefficient (Wildman–Crippen LogP) is 4.10. The maximum atomic E-state index is 13.4. The van der Waals surface area contributed by atoms with Gasteiger partial charge in [0.2, 0.25) is 5.91 Å². The molecule has 2 heterocycles. The van der Waals surface area contributed by atoms with E-state index in [4.69, 9.17) is 4.74 Å². The fraction of sp³-hybridized carbons (Fsp3) is 0.227. The fourth-order valence-electron chi connectivity index (χ4n) is 3.38. The van der Waals surface area contributed by atoms with Gasteiger partial charge in [0.25, 0.3) is 11.1 Å². The average molecular weight is 520 g/mol. The summed E-state index contributed by atoms with van der Waals surface area (Å²) >= 11 is 3.84. The molecule has 32 heavy (non-hydrogen) atoms. The summed E-state index contributed by atoms with van der Waals surface area (Å²) in [4.78, 5) is 40.9. The average Bonchev–Trinajstić information content (AvgIpc) is 3.04. The maximum Gasteiger partial charge on any atom is 0.294 e. The second kappa shape index (κ2) is 9.85. The number of para-hydroxylation sites is 2. The van der Waals surface area contributed by atoms with Gasteiger partial charge in [0.05, 0.1) is 34.0 Å². The van der Waals surface area contributed by atoms with Crippen molar-refractivity contribution >= 4 is 62.2 Å².